The third kappa shape index (κ3) is 3.05. The molecule has 0 saturated carbocycles. The van der Waals surface area contributed by atoms with Crippen LogP contribution in [0.25, 0.3) is 5.70 Å². The molecule has 32 heavy (non-hydrogen) atoms. The number of rotatable bonds is 5. The molecule has 0 amide bonds. The third-order valence-corrected chi connectivity index (χ3v) is 6.15. The molecule has 0 bridgehead atoms. The molecule has 1 aliphatic heterocycles. The zero-order valence-corrected chi connectivity index (χ0v) is 17.9. The summed E-state index contributed by atoms with van der Waals surface area (Å²) < 4.78 is 6.67. The number of fused-ring (bicyclic) bond motifs is 3. The van der Waals surface area contributed by atoms with Crippen molar-refractivity contribution < 1.29 is 9.53 Å². The zero-order chi connectivity index (χ0) is 22.4. The molecule has 0 fully saturated rings. The van der Waals surface area contributed by atoms with E-state index in [0.717, 1.165) is 16.7 Å². The van der Waals surface area contributed by atoms with E-state index < -0.39 is 17.2 Å². The maximum atomic E-state index is 13.5. The molecule has 3 aromatic rings. The molecule has 0 spiro atoms. The van der Waals surface area contributed by atoms with Crippen molar-refractivity contribution in [2.75, 3.05) is 19.0 Å². The number of aromatic nitrogens is 2. The van der Waals surface area contributed by atoms with Gasteiger partial charge in [0.15, 0.2) is 5.78 Å². The first-order chi connectivity index (χ1) is 15.5. The number of carbonyl (C=O) groups excluding carboxylic acids is 1. The average molecular weight is 429 g/mol. The second-order valence-corrected chi connectivity index (χ2v) is 8.15. The van der Waals surface area contributed by atoms with Crippen LogP contribution >= 0.6 is 0 Å². The number of carbonyl (C=O) groups is 1. The zero-order valence-electron chi connectivity index (χ0n) is 17.9. The minimum Gasteiger partial charge on any atom is -0.385 e. The molecule has 0 saturated heterocycles. The summed E-state index contributed by atoms with van der Waals surface area (Å²) in [5.41, 5.74) is 3.90. The number of methoxy groups -OCH3 is 1. The van der Waals surface area contributed by atoms with Crippen LogP contribution in [0.3, 0.4) is 0 Å². The van der Waals surface area contributed by atoms with Crippen LogP contribution in [0.1, 0.15) is 45.0 Å². The van der Waals surface area contributed by atoms with Gasteiger partial charge in [-0.05, 0) is 18.9 Å². The number of ether oxygens (including phenoxy) is 1. The van der Waals surface area contributed by atoms with Crippen LogP contribution in [0.4, 0.5) is 5.82 Å². The number of Topliss-reactive ketones (excluding diaryl/α,β-unsaturated/α-hetero) is 1. The number of allylic oxidation sites excluding steroid dienone is 1. The lowest BCUT2D eigenvalue weighted by molar-refractivity contribution is 0.103. The summed E-state index contributed by atoms with van der Waals surface area (Å²) in [6.45, 7) is 2.84. The lowest BCUT2D eigenvalue weighted by Crippen LogP contribution is -2.38. The normalized spacial score (nSPS) is 16.4. The first kappa shape index (κ1) is 20.2. The third-order valence-electron chi connectivity index (χ3n) is 6.15. The lowest BCUT2D eigenvalue weighted by atomic mass is 9.81. The molecule has 162 valence electrons. The van der Waals surface area contributed by atoms with Crippen LogP contribution < -0.4 is 16.6 Å². The maximum absolute atomic E-state index is 13.5. The van der Waals surface area contributed by atoms with E-state index in [1.165, 1.54) is 4.57 Å². The van der Waals surface area contributed by atoms with Gasteiger partial charge in [0.1, 0.15) is 5.82 Å². The van der Waals surface area contributed by atoms with Crippen LogP contribution in [0.2, 0.25) is 0 Å². The average Bonchev–Trinajstić information content (AvgIpc) is 3.07. The van der Waals surface area contributed by atoms with Crippen LogP contribution in [-0.2, 0) is 11.3 Å². The highest BCUT2D eigenvalue weighted by Crippen LogP contribution is 2.47. The number of hydrogen-bond donors (Lipinski definition) is 2. The Bertz CT molecular complexity index is 1380. The molecular weight excluding hydrogens is 406 g/mol. The van der Waals surface area contributed by atoms with Crippen molar-refractivity contribution in [1.29, 1.82) is 0 Å². The molecule has 1 atom stereocenters. The van der Waals surface area contributed by atoms with E-state index in [-0.39, 0.29) is 5.78 Å². The maximum Gasteiger partial charge on any atom is 0.329 e. The summed E-state index contributed by atoms with van der Waals surface area (Å²) >= 11 is 0. The van der Waals surface area contributed by atoms with Gasteiger partial charge in [0.05, 0.1) is 11.3 Å². The quantitative estimate of drug-likeness (QED) is 0.608. The van der Waals surface area contributed by atoms with Crippen molar-refractivity contribution in [2.24, 2.45) is 0 Å². The van der Waals surface area contributed by atoms with E-state index in [1.807, 2.05) is 49.4 Å². The summed E-state index contributed by atoms with van der Waals surface area (Å²) in [5.74, 6) is -0.251. The van der Waals surface area contributed by atoms with Gasteiger partial charge >= 0.3 is 5.69 Å². The first-order valence-corrected chi connectivity index (χ1v) is 10.6. The number of aryl methyl sites for hydroxylation is 1. The Morgan fingerprint density at radius 3 is 2.44 bits per heavy atom. The van der Waals surface area contributed by atoms with Gasteiger partial charge in [-0.3, -0.25) is 19.1 Å². The molecule has 2 N–H and O–H groups in total. The molecule has 2 aliphatic rings. The van der Waals surface area contributed by atoms with Crippen molar-refractivity contribution >= 4 is 17.3 Å². The molecule has 1 aliphatic carbocycles. The number of ketones is 1. The van der Waals surface area contributed by atoms with E-state index in [2.05, 4.69) is 10.3 Å². The van der Waals surface area contributed by atoms with Crippen LogP contribution in [-0.4, -0.2) is 29.1 Å². The van der Waals surface area contributed by atoms with Gasteiger partial charge in [-0.2, -0.15) is 0 Å². The Morgan fingerprint density at radius 1 is 1.00 bits per heavy atom. The molecule has 1 aromatic heterocycles. The number of H-pyrrole nitrogens is 1. The lowest BCUT2D eigenvalue weighted by Gasteiger charge is -2.29. The summed E-state index contributed by atoms with van der Waals surface area (Å²) in [6, 6.07) is 15.2. The van der Waals surface area contributed by atoms with E-state index in [1.54, 1.807) is 13.2 Å². The Morgan fingerprint density at radius 2 is 1.72 bits per heavy atom. The summed E-state index contributed by atoms with van der Waals surface area (Å²) in [7, 11) is 1.61. The molecule has 2 heterocycles. The number of nitrogens with zero attached hydrogens (tertiary/aromatic N) is 1. The van der Waals surface area contributed by atoms with E-state index in [0.29, 0.717) is 47.8 Å². The SMILES string of the molecule is COCCCn1c2c(c(=O)[nH]c1=O)[C@@H](c1ccc(C)cc1)C1=C(N2)c2ccccc2C1=O. The summed E-state index contributed by atoms with van der Waals surface area (Å²) in [4.78, 5) is 41.8. The first-order valence-electron chi connectivity index (χ1n) is 10.6. The minimum absolute atomic E-state index is 0.101. The highest BCUT2D eigenvalue weighted by molar-refractivity contribution is 6.23. The Hall–Kier alpha value is -3.71. The smallest absolute Gasteiger partial charge is 0.329 e. The Labute approximate surface area is 184 Å². The van der Waals surface area contributed by atoms with Gasteiger partial charge in [-0.1, -0.05) is 54.1 Å². The topological polar surface area (TPSA) is 93.2 Å². The van der Waals surface area contributed by atoms with Gasteiger partial charge < -0.3 is 10.1 Å². The fraction of sp³-hybridized carbons (Fsp3) is 0.240. The molecule has 2 aromatic carbocycles. The fourth-order valence-electron chi connectivity index (χ4n) is 4.64. The van der Waals surface area contributed by atoms with Crippen molar-refractivity contribution in [3.8, 4) is 0 Å². The molecule has 7 nitrogen and oxygen atoms in total. The second-order valence-electron chi connectivity index (χ2n) is 8.15. The van der Waals surface area contributed by atoms with E-state index in [9.17, 15) is 14.4 Å². The highest BCUT2D eigenvalue weighted by atomic mass is 16.5. The standard InChI is InChI=1S/C25H23N3O4/c1-14-8-10-15(11-9-14)18-19-21(16-6-3-4-7-17(16)22(19)29)26-23-20(18)24(30)27-25(31)28(23)12-5-13-32-2/h3-4,6-11,18,26H,5,12-13H2,1-2H3,(H,27,30,31)/t18-/m0/s1. The highest BCUT2D eigenvalue weighted by Gasteiger charge is 2.42. The number of nitrogens with one attached hydrogen (secondary N) is 2. The number of benzene rings is 2. The fourth-order valence-corrected chi connectivity index (χ4v) is 4.64. The van der Waals surface area contributed by atoms with Gasteiger partial charge in [0.2, 0.25) is 0 Å². The van der Waals surface area contributed by atoms with Gasteiger partial charge in [-0.25, -0.2) is 4.79 Å². The van der Waals surface area contributed by atoms with Gasteiger partial charge in [-0.15, -0.1) is 0 Å². The summed E-state index contributed by atoms with van der Waals surface area (Å²) in [5, 5.41) is 3.29. The number of hydrogen-bond acceptors (Lipinski definition) is 5. The van der Waals surface area contributed by atoms with E-state index >= 15 is 0 Å². The molecule has 0 unspecified atom stereocenters. The molecular formula is C25H23N3O4. The van der Waals surface area contributed by atoms with Crippen LogP contribution in [0, 0.1) is 6.92 Å². The van der Waals surface area contributed by atoms with Crippen LogP contribution in [0.15, 0.2) is 63.7 Å². The van der Waals surface area contributed by atoms with Crippen molar-refractivity contribution in [2.45, 2.75) is 25.8 Å². The van der Waals surface area contributed by atoms with Gasteiger partial charge in [0.25, 0.3) is 5.56 Å². The van der Waals surface area contributed by atoms with Crippen LogP contribution in [0.5, 0.6) is 0 Å². The molecule has 0 radical (unpaired) electrons. The largest absolute Gasteiger partial charge is 0.385 e. The Balaban J connectivity index is 1.78. The predicted octanol–water partition coefficient (Wildman–Crippen LogP) is 3.05. The molecule has 5 rings (SSSR count). The Kier molecular flexibility index (Phi) is 4.90. The minimum atomic E-state index is -0.584. The number of aromatic amines is 1. The van der Waals surface area contributed by atoms with E-state index in [4.69, 9.17) is 4.74 Å². The van der Waals surface area contributed by atoms with Crippen molar-refractivity contribution in [3.05, 3.63) is 103 Å². The second kappa shape index (κ2) is 7.76. The monoisotopic (exact) mass is 429 g/mol. The van der Waals surface area contributed by atoms with Gasteiger partial charge in [0, 0.05) is 42.9 Å². The predicted molar refractivity (Wildman–Crippen MR) is 122 cm³/mol. The number of anilines is 1. The van der Waals surface area contributed by atoms with Crippen molar-refractivity contribution in [1.82, 2.24) is 9.55 Å². The van der Waals surface area contributed by atoms with Crippen molar-refractivity contribution in [3.63, 3.8) is 0 Å². The summed E-state index contributed by atoms with van der Waals surface area (Å²) in [6.07, 6.45) is 0.604. The molecule has 7 heteroatoms.